The average Bonchev–Trinajstić information content (AvgIpc) is 2.86. The van der Waals surface area contributed by atoms with Gasteiger partial charge in [0.2, 0.25) is 0 Å². The fourth-order valence-electron chi connectivity index (χ4n) is 3.82. The summed E-state index contributed by atoms with van der Waals surface area (Å²) in [6.45, 7) is 5.32. The van der Waals surface area contributed by atoms with E-state index in [1.807, 2.05) is 68.4 Å². The van der Waals surface area contributed by atoms with Crippen molar-refractivity contribution in [3.05, 3.63) is 93.9 Å². The highest BCUT2D eigenvalue weighted by atomic mass is 16.5. The van der Waals surface area contributed by atoms with Crippen molar-refractivity contribution in [2.75, 3.05) is 13.7 Å². The molecule has 0 spiro atoms. The quantitative estimate of drug-likeness (QED) is 0.443. The number of aryl methyl sites for hydroxylation is 1. The molecular formula is C27H29N3O4. The van der Waals surface area contributed by atoms with Crippen LogP contribution in [0.15, 0.2) is 71.9 Å². The number of urea groups is 1. The summed E-state index contributed by atoms with van der Waals surface area (Å²) in [5, 5.41) is 5.48. The number of hydrogen-bond donors (Lipinski definition) is 1. The van der Waals surface area contributed by atoms with Gasteiger partial charge in [-0.15, -0.1) is 4.91 Å². The molecule has 1 N–H and O–H groups in total. The normalized spacial score (nSPS) is 10.4. The van der Waals surface area contributed by atoms with Crippen molar-refractivity contribution >= 4 is 11.9 Å². The molecule has 3 aromatic rings. The Morgan fingerprint density at radius 3 is 2.41 bits per heavy atom. The van der Waals surface area contributed by atoms with Crippen molar-refractivity contribution in [1.82, 2.24) is 10.2 Å². The van der Waals surface area contributed by atoms with Crippen LogP contribution in [-0.4, -0.2) is 30.5 Å². The molecule has 0 aliphatic carbocycles. The molecule has 0 aromatic heterocycles. The van der Waals surface area contributed by atoms with Crippen molar-refractivity contribution in [3.63, 3.8) is 0 Å². The number of nitrogens with zero attached hydrogens (tertiary/aromatic N) is 2. The van der Waals surface area contributed by atoms with Crippen LogP contribution in [-0.2, 0) is 24.3 Å². The maximum absolute atomic E-state index is 12.9. The van der Waals surface area contributed by atoms with Gasteiger partial charge in [-0.05, 0) is 48.2 Å². The molecule has 176 valence electrons. The first-order chi connectivity index (χ1) is 16.4. The van der Waals surface area contributed by atoms with E-state index < -0.39 is 5.91 Å². The minimum absolute atomic E-state index is 0.0787. The summed E-state index contributed by atoms with van der Waals surface area (Å²) in [5.74, 6) is -0.0931. The lowest BCUT2D eigenvalue weighted by Crippen LogP contribution is -2.39. The standard InChI is InChI=1S/C27H29N3O4/c1-4-30(27(32)28-17-20-8-6-5-7-9-20)18-22-14-19(2)10-12-23(22)24-15-21(16-26(31)29-33)11-13-25(24)34-3/h5-15H,4,16-18H2,1-3H3,(H,28,32). The SMILES string of the molecule is CCN(Cc1cc(C)ccc1-c1cc(CC(=O)N=O)ccc1OC)C(=O)NCc1ccccc1. The molecule has 0 heterocycles. The van der Waals surface area contributed by atoms with Crippen molar-refractivity contribution in [2.24, 2.45) is 5.18 Å². The summed E-state index contributed by atoms with van der Waals surface area (Å²) in [7, 11) is 1.58. The minimum atomic E-state index is -0.729. The van der Waals surface area contributed by atoms with E-state index in [0.717, 1.165) is 27.8 Å². The highest BCUT2D eigenvalue weighted by Crippen LogP contribution is 2.34. The topological polar surface area (TPSA) is 88.1 Å². The van der Waals surface area contributed by atoms with Crippen molar-refractivity contribution in [2.45, 2.75) is 33.4 Å². The molecule has 0 unspecified atom stereocenters. The van der Waals surface area contributed by atoms with E-state index in [1.54, 1.807) is 24.1 Å². The number of methoxy groups -OCH3 is 1. The Bertz CT molecular complexity index is 1160. The predicted molar refractivity (Wildman–Crippen MR) is 132 cm³/mol. The van der Waals surface area contributed by atoms with Crippen molar-refractivity contribution < 1.29 is 14.3 Å². The molecular weight excluding hydrogens is 430 g/mol. The number of hydrogen-bond acceptors (Lipinski definition) is 4. The van der Waals surface area contributed by atoms with Crippen LogP contribution in [0.25, 0.3) is 11.1 Å². The summed E-state index contributed by atoms with van der Waals surface area (Å²) in [6.07, 6.45) is -0.0787. The second-order valence-corrected chi connectivity index (χ2v) is 8.02. The van der Waals surface area contributed by atoms with Crippen LogP contribution in [0.1, 0.15) is 29.2 Å². The molecule has 7 nitrogen and oxygen atoms in total. The summed E-state index contributed by atoms with van der Waals surface area (Å²) in [5.41, 5.74) is 5.39. The zero-order chi connectivity index (χ0) is 24.5. The lowest BCUT2D eigenvalue weighted by Gasteiger charge is -2.24. The van der Waals surface area contributed by atoms with Crippen molar-refractivity contribution in [1.29, 1.82) is 0 Å². The van der Waals surface area contributed by atoms with Gasteiger partial charge in [0.05, 0.1) is 13.5 Å². The van der Waals surface area contributed by atoms with Gasteiger partial charge in [-0.3, -0.25) is 4.79 Å². The van der Waals surface area contributed by atoms with E-state index in [1.165, 1.54) is 0 Å². The largest absolute Gasteiger partial charge is 0.496 e. The Kier molecular flexibility index (Phi) is 8.51. The summed E-state index contributed by atoms with van der Waals surface area (Å²) >= 11 is 0. The first kappa shape index (κ1) is 24.6. The van der Waals surface area contributed by atoms with Crippen molar-refractivity contribution in [3.8, 4) is 16.9 Å². The molecule has 0 saturated heterocycles. The zero-order valence-corrected chi connectivity index (χ0v) is 19.7. The average molecular weight is 460 g/mol. The number of carbonyl (C=O) groups excluding carboxylic acids is 2. The molecule has 7 heteroatoms. The molecule has 0 saturated carbocycles. The van der Waals surface area contributed by atoms with Gasteiger partial charge in [-0.2, -0.15) is 0 Å². The smallest absolute Gasteiger partial charge is 0.317 e. The first-order valence-corrected chi connectivity index (χ1v) is 11.1. The number of ether oxygens (including phenoxy) is 1. The molecule has 3 rings (SSSR count). The number of nitroso groups, excluding NO2 is 1. The van der Waals surface area contributed by atoms with Gasteiger partial charge >= 0.3 is 6.03 Å². The molecule has 3 aromatic carbocycles. The molecule has 0 aliphatic heterocycles. The fraction of sp³-hybridized carbons (Fsp3) is 0.259. The Morgan fingerprint density at radius 2 is 1.74 bits per heavy atom. The number of rotatable bonds is 9. The number of amides is 3. The van der Waals surface area contributed by atoms with Gasteiger partial charge in [0.1, 0.15) is 5.75 Å². The fourth-order valence-corrected chi connectivity index (χ4v) is 3.82. The van der Waals surface area contributed by atoms with Crippen LogP contribution in [0.3, 0.4) is 0 Å². The highest BCUT2D eigenvalue weighted by molar-refractivity contribution is 5.81. The minimum Gasteiger partial charge on any atom is -0.496 e. The maximum atomic E-state index is 12.9. The summed E-state index contributed by atoms with van der Waals surface area (Å²) in [4.78, 5) is 36.8. The van der Waals surface area contributed by atoms with Gasteiger partial charge < -0.3 is 15.0 Å². The van der Waals surface area contributed by atoms with E-state index in [0.29, 0.717) is 30.9 Å². The molecule has 3 amide bonds. The van der Waals surface area contributed by atoms with E-state index in [2.05, 4.69) is 10.5 Å². The monoisotopic (exact) mass is 459 g/mol. The predicted octanol–water partition coefficient (Wildman–Crippen LogP) is 5.24. The van der Waals surface area contributed by atoms with Crippen LogP contribution >= 0.6 is 0 Å². The number of nitrogens with one attached hydrogen (secondary N) is 1. The lowest BCUT2D eigenvalue weighted by atomic mass is 9.94. The zero-order valence-electron chi connectivity index (χ0n) is 19.7. The molecule has 34 heavy (non-hydrogen) atoms. The van der Waals surface area contributed by atoms with Gasteiger partial charge in [-0.1, -0.05) is 60.2 Å². The van der Waals surface area contributed by atoms with E-state index >= 15 is 0 Å². The molecule has 0 radical (unpaired) electrons. The van der Waals surface area contributed by atoms with Gasteiger partial charge in [0.25, 0.3) is 5.91 Å². The van der Waals surface area contributed by atoms with Crippen LogP contribution in [0, 0.1) is 11.8 Å². The number of carbonyl (C=O) groups is 2. The van der Waals surface area contributed by atoms with Gasteiger partial charge in [0.15, 0.2) is 0 Å². The second-order valence-electron chi connectivity index (χ2n) is 8.02. The summed E-state index contributed by atoms with van der Waals surface area (Å²) in [6, 6.07) is 21.0. The van der Waals surface area contributed by atoms with Crippen LogP contribution < -0.4 is 10.1 Å². The Balaban J connectivity index is 1.89. The second kappa shape index (κ2) is 11.7. The molecule has 0 atom stereocenters. The van der Waals surface area contributed by atoms with E-state index in [9.17, 15) is 14.5 Å². The lowest BCUT2D eigenvalue weighted by molar-refractivity contribution is -0.117. The molecule has 0 aliphatic rings. The van der Waals surface area contributed by atoms with Crippen LogP contribution in [0.5, 0.6) is 5.75 Å². The third kappa shape index (κ3) is 6.28. The third-order valence-electron chi connectivity index (χ3n) is 5.59. The summed E-state index contributed by atoms with van der Waals surface area (Å²) < 4.78 is 5.57. The third-order valence-corrected chi connectivity index (χ3v) is 5.59. The Labute approximate surface area is 199 Å². The van der Waals surface area contributed by atoms with E-state index in [4.69, 9.17) is 4.74 Å². The molecule has 0 fully saturated rings. The van der Waals surface area contributed by atoms with Crippen LogP contribution in [0.4, 0.5) is 4.79 Å². The highest BCUT2D eigenvalue weighted by Gasteiger charge is 2.18. The maximum Gasteiger partial charge on any atom is 0.317 e. The van der Waals surface area contributed by atoms with Gasteiger partial charge in [0, 0.05) is 30.4 Å². The molecule has 0 bridgehead atoms. The number of benzene rings is 3. The van der Waals surface area contributed by atoms with Crippen LogP contribution in [0.2, 0.25) is 0 Å². The van der Waals surface area contributed by atoms with E-state index in [-0.39, 0.29) is 12.5 Å². The Hall–Kier alpha value is -4.00. The van der Waals surface area contributed by atoms with Gasteiger partial charge in [-0.25, -0.2) is 4.79 Å². The Morgan fingerprint density at radius 1 is 0.971 bits per heavy atom. The first-order valence-electron chi connectivity index (χ1n) is 11.1.